The summed E-state index contributed by atoms with van der Waals surface area (Å²) in [6.45, 7) is 4.99. The van der Waals surface area contributed by atoms with Gasteiger partial charge in [0.25, 0.3) is 0 Å². The molecule has 3 heterocycles. The van der Waals surface area contributed by atoms with Gasteiger partial charge in [0.15, 0.2) is 0 Å². The van der Waals surface area contributed by atoms with Crippen LogP contribution < -0.4 is 0 Å². The van der Waals surface area contributed by atoms with E-state index in [4.69, 9.17) is 9.15 Å². The molecule has 3 rings (SSSR count). The summed E-state index contributed by atoms with van der Waals surface area (Å²) in [5.41, 5.74) is 0.725. The lowest BCUT2D eigenvalue weighted by Crippen LogP contribution is -2.47. The highest BCUT2D eigenvalue weighted by atomic mass is 19.4. The standard InChI is InChI=1S/C16H22F3N3O3/c1-10-11(2)25-14(20-10)9-21-7-12(13(8-21)16(17,18)19)15(23)22-3-5-24-6-4-22/h12-13H,3-9H2,1-2H3/t12-,13-/m0/s1. The molecule has 0 unspecified atom stereocenters. The first-order valence-electron chi connectivity index (χ1n) is 8.34. The number of likely N-dealkylation sites (tertiary alicyclic amines) is 1. The van der Waals surface area contributed by atoms with E-state index in [-0.39, 0.29) is 19.6 Å². The number of aryl methyl sites for hydroxylation is 2. The second kappa shape index (κ2) is 6.95. The molecule has 2 fully saturated rings. The van der Waals surface area contributed by atoms with Gasteiger partial charge < -0.3 is 14.1 Å². The molecule has 1 amide bonds. The zero-order valence-electron chi connectivity index (χ0n) is 14.3. The highest BCUT2D eigenvalue weighted by Gasteiger charge is 2.53. The average Bonchev–Trinajstić information content (AvgIpc) is 3.11. The summed E-state index contributed by atoms with van der Waals surface area (Å²) in [6.07, 6.45) is -4.41. The summed E-state index contributed by atoms with van der Waals surface area (Å²) < 4.78 is 51.0. The summed E-state index contributed by atoms with van der Waals surface area (Å²) >= 11 is 0. The van der Waals surface area contributed by atoms with E-state index in [1.54, 1.807) is 18.7 Å². The molecule has 0 saturated carbocycles. The third kappa shape index (κ3) is 3.98. The first-order valence-corrected chi connectivity index (χ1v) is 8.34. The number of ether oxygens (including phenoxy) is 1. The van der Waals surface area contributed by atoms with Gasteiger partial charge in [-0.15, -0.1) is 0 Å². The van der Waals surface area contributed by atoms with Crippen LogP contribution >= 0.6 is 0 Å². The molecule has 0 bridgehead atoms. The van der Waals surface area contributed by atoms with E-state index in [0.717, 1.165) is 5.69 Å². The Balaban J connectivity index is 1.72. The molecule has 1 aromatic heterocycles. The van der Waals surface area contributed by atoms with E-state index in [1.807, 2.05) is 0 Å². The van der Waals surface area contributed by atoms with Crippen LogP contribution in [0.5, 0.6) is 0 Å². The largest absolute Gasteiger partial charge is 0.444 e. The Labute approximate surface area is 143 Å². The number of nitrogens with zero attached hydrogens (tertiary/aromatic N) is 3. The van der Waals surface area contributed by atoms with Crippen LogP contribution in [0.4, 0.5) is 13.2 Å². The molecule has 2 atom stereocenters. The van der Waals surface area contributed by atoms with Gasteiger partial charge in [-0.3, -0.25) is 9.69 Å². The molecule has 9 heteroatoms. The molecule has 140 valence electrons. The van der Waals surface area contributed by atoms with Crippen LogP contribution in [0.1, 0.15) is 17.3 Å². The molecule has 6 nitrogen and oxygen atoms in total. The van der Waals surface area contributed by atoms with Crippen molar-refractivity contribution >= 4 is 5.91 Å². The number of hydrogen-bond donors (Lipinski definition) is 0. The van der Waals surface area contributed by atoms with E-state index in [2.05, 4.69) is 4.98 Å². The molecule has 0 N–H and O–H groups in total. The van der Waals surface area contributed by atoms with Gasteiger partial charge in [-0.1, -0.05) is 0 Å². The lowest BCUT2D eigenvalue weighted by Gasteiger charge is -2.31. The maximum Gasteiger partial charge on any atom is 0.393 e. The maximum atomic E-state index is 13.5. The monoisotopic (exact) mass is 361 g/mol. The Morgan fingerprint density at radius 3 is 2.48 bits per heavy atom. The number of alkyl halides is 3. The van der Waals surface area contributed by atoms with Crippen LogP contribution in [0, 0.1) is 25.7 Å². The number of carbonyl (C=O) groups is 1. The van der Waals surface area contributed by atoms with Gasteiger partial charge in [0.1, 0.15) is 5.76 Å². The van der Waals surface area contributed by atoms with Crippen LogP contribution in [0.3, 0.4) is 0 Å². The summed E-state index contributed by atoms with van der Waals surface area (Å²) in [4.78, 5) is 19.9. The SMILES string of the molecule is Cc1nc(CN2C[C@H](C(=O)N3CCOCC3)[C@@H](C(F)(F)F)C2)oc1C. The Bertz CT molecular complexity index is 606. The minimum atomic E-state index is -4.41. The molecule has 25 heavy (non-hydrogen) atoms. The van der Waals surface area contributed by atoms with Crippen molar-refractivity contribution in [2.45, 2.75) is 26.6 Å². The summed E-state index contributed by atoms with van der Waals surface area (Å²) in [5, 5.41) is 0. The topological polar surface area (TPSA) is 58.8 Å². The first-order chi connectivity index (χ1) is 11.8. The Kier molecular flexibility index (Phi) is 5.06. The zero-order valence-corrected chi connectivity index (χ0v) is 14.3. The first kappa shape index (κ1) is 18.2. The molecule has 0 spiro atoms. The highest BCUT2D eigenvalue weighted by Crippen LogP contribution is 2.39. The number of rotatable bonds is 3. The molecular weight excluding hydrogens is 339 g/mol. The van der Waals surface area contributed by atoms with Gasteiger partial charge >= 0.3 is 6.18 Å². The summed E-state index contributed by atoms with van der Waals surface area (Å²) in [5.74, 6) is -2.15. The fourth-order valence-electron chi connectivity index (χ4n) is 3.41. The van der Waals surface area contributed by atoms with Crippen molar-refractivity contribution in [2.24, 2.45) is 11.8 Å². The minimum absolute atomic E-state index is 0.0564. The Morgan fingerprint density at radius 1 is 1.24 bits per heavy atom. The molecule has 2 saturated heterocycles. The van der Waals surface area contributed by atoms with Crippen molar-refractivity contribution in [1.29, 1.82) is 0 Å². The van der Waals surface area contributed by atoms with Crippen molar-refractivity contribution in [3.05, 3.63) is 17.3 Å². The highest BCUT2D eigenvalue weighted by molar-refractivity contribution is 5.80. The van der Waals surface area contributed by atoms with Crippen molar-refractivity contribution in [1.82, 2.24) is 14.8 Å². The normalized spacial score (nSPS) is 25.6. The third-order valence-corrected chi connectivity index (χ3v) is 4.89. The van der Waals surface area contributed by atoms with Gasteiger partial charge in [0, 0.05) is 26.2 Å². The quantitative estimate of drug-likeness (QED) is 0.821. The van der Waals surface area contributed by atoms with Gasteiger partial charge in [-0.2, -0.15) is 13.2 Å². The third-order valence-electron chi connectivity index (χ3n) is 4.89. The number of halogens is 3. The predicted octanol–water partition coefficient (Wildman–Crippen LogP) is 1.76. The van der Waals surface area contributed by atoms with E-state index in [1.165, 1.54) is 4.90 Å². The van der Waals surface area contributed by atoms with Crippen molar-refractivity contribution in [3.8, 4) is 0 Å². The second-order valence-corrected chi connectivity index (χ2v) is 6.64. The van der Waals surface area contributed by atoms with Gasteiger partial charge in [0.05, 0.1) is 37.3 Å². The molecule has 0 radical (unpaired) electrons. The van der Waals surface area contributed by atoms with E-state index >= 15 is 0 Å². The number of oxazole rings is 1. The Hall–Kier alpha value is -1.61. The second-order valence-electron chi connectivity index (χ2n) is 6.64. The van der Waals surface area contributed by atoms with Crippen molar-refractivity contribution in [2.75, 3.05) is 39.4 Å². The smallest absolute Gasteiger partial charge is 0.393 e. The summed E-state index contributed by atoms with van der Waals surface area (Å²) in [7, 11) is 0. The molecule has 2 aliphatic rings. The molecular formula is C16H22F3N3O3. The molecule has 0 aromatic carbocycles. The van der Waals surface area contributed by atoms with Crippen LogP contribution in [0.2, 0.25) is 0 Å². The molecule has 0 aliphatic carbocycles. The fraction of sp³-hybridized carbons (Fsp3) is 0.750. The van der Waals surface area contributed by atoms with E-state index in [9.17, 15) is 18.0 Å². The predicted molar refractivity (Wildman–Crippen MR) is 81.7 cm³/mol. The fourth-order valence-corrected chi connectivity index (χ4v) is 3.41. The van der Waals surface area contributed by atoms with E-state index < -0.39 is 23.9 Å². The average molecular weight is 361 g/mol. The molecule has 2 aliphatic heterocycles. The Morgan fingerprint density at radius 2 is 1.92 bits per heavy atom. The van der Waals surface area contributed by atoms with Crippen molar-refractivity contribution < 1.29 is 27.1 Å². The minimum Gasteiger partial charge on any atom is -0.444 e. The zero-order chi connectivity index (χ0) is 18.2. The molecule has 1 aromatic rings. The number of aromatic nitrogens is 1. The maximum absolute atomic E-state index is 13.5. The van der Waals surface area contributed by atoms with Gasteiger partial charge in [0.2, 0.25) is 11.8 Å². The van der Waals surface area contributed by atoms with Gasteiger partial charge in [-0.05, 0) is 13.8 Å². The number of carbonyl (C=O) groups excluding carboxylic acids is 1. The number of amides is 1. The lowest BCUT2D eigenvalue weighted by molar-refractivity contribution is -0.187. The number of morpholine rings is 1. The van der Waals surface area contributed by atoms with Crippen LogP contribution in [-0.4, -0.2) is 66.3 Å². The van der Waals surface area contributed by atoms with E-state index in [0.29, 0.717) is 38.0 Å². The van der Waals surface area contributed by atoms with Crippen molar-refractivity contribution in [3.63, 3.8) is 0 Å². The van der Waals surface area contributed by atoms with Crippen LogP contribution in [0.25, 0.3) is 0 Å². The van der Waals surface area contributed by atoms with Crippen LogP contribution in [0.15, 0.2) is 4.42 Å². The summed E-state index contributed by atoms with van der Waals surface area (Å²) in [6, 6.07) is 0. The lowest BCUT2D eigenvalue weighted by atomic mass is 9.94. The van der Waals surface area contributed by atoms with Gasteiger partial charge in [-0.25, -0.2) is 4.98 Å². The van der Waals surface area contributed by atoms with Crippen LogP contribution in [-0.2, 0) is 16.1 Å². The number of hydrogen-bond acceptors (Lipinski definition) is 5.